The molecular formula is C14H18O5. The second kappa shape index (κ2) is 8.74. The van der Waals surface area contributed by atoms with E-state index in [2.05, 4.69) is 0 Å². The van der Waals surface area contributed by atoms with Crippen molar-refractivity contribution in [2.75, 3.05) is 7.11 Å². The predicted octanol–water partition coefficient (Wildman–Crippen LogP) is 2.74. The first-order valence-corrected chi connectivity index (χ1v) is 5.59. The maximum atomic E-state index is 10.8. The van der Waals surface area contributed by atoms with E-state index in [1.54, 1.807) is 13.2 Å². The lowest BCUT2D eigenvalue weighted by atomic mass is 10.2. The molecule has 0 fully saturated rings. The third-order valence-electron chi connectivity index (χ3n) is 1.80. The van der Waals surface area contributed by atoms with Gasteiger partial charge in [-0.05, 0) is 24.6 Å². The summed E-state index contributed by atoms with van der Waals surface area (Å²) < 4.78 is 10.1. The van der Waals surface area contributed by atoms with Crippen LogP contribution in [0.3, 0.4) is 0 Å². The van der Waals surface area contributed by atoms with Gasteiger partial charge in [0.1, 0.15) is 0 Å². The molecule has 0 spiro atoms. The number of carbonyl (C=O) groups excluding carboxylic acids is 1. The smallest absolute Gasteiger partial charge is 0.308 e. The fourth-order valence-corrected chi connectivity index (χ4v) is 1.22. The zero-order valence-electron chi connectivity index (χ0n) is 11.5. The fraction of sp³-hybridized carbons (Fsp3) is 0.286. The minimum Gasteiger partial charge on any atom is -0.493 e. The first-order valence-electron chi connectivity index (χ1n) is 5.59. The third kappa shape index (κ3) is 7.59. The van der Waals surface area contributed by atoms with Gasteiger partial charge in [-0.25, -0.2) is 0 Å². The van der Waals surface area contributed by atoms with Gasteiger partial charge < -0.3 is 14.6 Å². The molecule has 0 amide bonds. The van der Waals surface area contributed by atoms with E-state index in [0.717, 1.165) is 12.5 Å². The summed E-state index contributed by atoms with van der Waals surface area (Å²) in [6.45, 7) is 4.38. The Morgan fingerprint density at radius 3 is 2.21 bits per heavy atom. The van der Waals surface area contributed by atoms with Gasteiger partial charge in [-0.1, -0.05) is 18.2 Å². The van der Waals surface area contributed by atoms with Gasteiger partial charge >= 0.3 is 5.97 Å². The van der Waals surface area contributed by atoms with E-state index >= 15 is 0 Å². The number of hydrogen-bond acceptors (Lipinski definition) is 4. The van der Waals surface area contributed by atoms with Gasteiger partial charge in [-0.15, -0.1) is 0 Å². The van der Waals surface area contributed by atoms with Crippen molar-refractivity contribution in [1.29, 1.82) is 0 Å². The molecular weight excluding hydrogens is 248 g/mol. The Kier molecular flexibility index (Phi) is 7.68. The third-order valence-corrected chi connectivity index (χ3v) is 1.80. The van der Waals surface area contributed by atoms with E-state index in [0.29, 0.717) is 11.5 Å². The molecule has 0 atom stereocenters. The highest BCUT2D eigenvalue weighted by Gasteiger charge is 2.06. The van der Waals surface area contributed by atoms with Crippen molar-refractivity contribution < 1.29 is 24.2 Å². The van der Waals surface area contributed by atoms with Gasteiger partial charge in [0.15, 0.2) is 11.5 Å². The van der Waals surface area contributed by atoms with Crippen LogP contribution in [0.2, 0.25) is 0 Å². The highest BCUT2D eigenvalue weighted by Crippen LogP contribution is 2.28. The van der Waals surface area contributed by atoms with Crippen LogP contribution in [0, 0.1) is 0 Å². The summed E-state index contributed by atoms with van der Waals surface area (Å²) >= 11 is 0. The average Bonchev–Trinajstić information content (AvgIpc) is 2.30. The van der Waals surface area contributed by atoms with Gasteiger partial charge in [0.25, 0.3) is 5.97 Å². The summed E-state index contributed by atoms with van der Waals surface area (Å²) in [5.74, 6) is -0.189. The maximum absolute atomic E-state index is 10.8. The fourth-order valence-electron chi connectivity index (χ4n) is 1.22. The Balaban J connectivity index is 0.000000711. The molecule has 0 aliphatic heterocycles. The average molecular weight is 266 g/mol. The quantitative estimate of drug-likeness (QED) is 0.672. The molecule has 0 saturated carbocycles. The van der Waals surface area contributed by atoms with Gasteiger partial charge in [0.05, 0.1) is 7.11 Å². The monoisotopic (exact) mass is 266 g/mol. The lowest BCUT2D eigenvalue weighted by Gasteiger charge is -2.08. The predicted molar refractivity (Wildman–Crippen MR) is 72.3 cm³/mol. The topological polar surface area (TPSA) is 72.8 Å². The summed E-state index contributed by atoms with van der Waals surface area (Å²) in [5.41, 5.74) is 1.00. The number of benzene rings is 1. The van der Waals surface area contributed by atoms with Gasteiger partial charge in [-0.2, -0.15) is 0 Å². The summed E-state index contributed by atoms with van der Waals surface area (Å²) in [7, 11) is 1.54. The van der Waals surface area contributed by atoms with Crippen molar-refractivity contribution in [3.05, 3.63) is 29.8 Å². The molecule has 0 saturated heterocycles. The molecule has 5 nitrogen and oxygen atoms in total. The van der Waals surface area contributed by atoms with Crippen LogP contribution in [-0.4, -0.2) is 24.2 Å². The van der Waals surface area contributed by atoms with Crippen LogP contribution in [0.15, 0.2) is 24.3 Å². The van der Waals surface area contributed by atoms with Crippen LogP contribution in [0.4, 0.5) is 0 Å². The van der Waals surface area contributed by atoms with Crippen molar-refractivity contribution in [3.8, 4) is 11.5 Å². The minimum absolute atomic E-state index is 0.355. The Morgan fingerprint density at radius 2 is 1.79 bits per heavy atom. The largest absolute Gasteiger partial charge is 0.493 e. The van der Waals surface area contributed by atoms with Crippen LogP contribution in [0.5, 0.6) is 11.5 Å². The van der Waals surface area contributed by atoms with Crippen molar-refractivity contribution in [1.82, 2.24) is 0 Å². The number of ether oxygens (including phenoxy) is 2. The first kappa shape index (κ1) is 16.7. The number of carboxylic acids is 1. The van der Waals surface area contributed by atoms with Gasteiger partial charge in [0.2, 0.25) is 0 Å². The van der Waals surface area contributed by atoms with Crippen LogP contribution in [0.25, 0.3) is 6.08 Å². The number of rotatable bonds is 3. The van der Waals surface area contributed by atoms with E-state index in [4.69, 9.17) is 19.4 Å². The highest BCUT2D eigenvalue weighted by molar-refractivity contribution is 5.71. The SMILES string of the molecule is C/C=C/c1ccc(OC(C)=O)c(OC)c1.CC(=O)O. The standard InChI is InChI=1S/C12H14O3.C2H4O2/c1-4-5-10-6-7-11(15-9(2)13)12(8-10)14-3;1-2(3)4/h4-8H,1-3H3;1H3,(H,3,4)/b5-4+;. The van der Waals surface area contributed by atoms with E-state index in [1.165, 1.54) is 6.92 Å². The molecule has 1 aromatic rings. The lowest BCUT2D eigenvalue weighted by Crippen LogP contribution is -2.02. The normalized spacial score (nSPS) is 9.47. The number of esters is 1. The first-order chi connectivity index (χ1) is 8.90. The lowest BCUT2D eigenvalue weighted by molar-refractivity contribution is -0.134. The number of hydrogen-bond donors (Lipinski definition) is 1. The molecule has 0 unspecified atom stereocenters. The molecule has 0 aliphatic carbocycles. The maximum Gasteiger partial charge on any atom is 0.308 e. The molecule has 0 heterocycles. The molecule has 0 bridgehead atoms. The number of carbonyl (C=O) groups is 2. The summed E-state index contributed by atoms with van der Waals surface area (Å²) in [5, 5.41) is 7.42. The molecule has 104 valence electrons. The molecule has 0 aliphatic rings. The van der Waals surface area contributed by atoms with E-state index in [1.807, 2.05) is 31.2 Å². The van der Waals surface area contributed by atoms with Gasteiger partial charge in [0, 0.05) is 13.8 Å². The Labute approximate surface area is 112 Å². The van der Waals surface area contributed by atoms with E-state index in [9.17, 15) is 4.79 Å². The summed E-state index contributed by atoms with van der Waals surface area (Å²) in [6, 6.07) is 5.40. The number of carboxylic acid groups (broad SMARTS) is 1. The summed E-state index contributed by atoms with van der Waals surface area (Å²) in [6.07, 6.45) is 3.88. The highest BCUT2D eigenvalue weighted by atomic mass is 16.6. The molecule has 0 aromatic heterocycles. The second-order valence-corrected chi connectivity index (χ2v) is 3.52. The molecule has 1 N–H and O–H groups in total. The molecule has 5 heteroatoms. The molecule has 19 heavy (non-hydrogen) atoms. The Hall–Kier alpha value is -2.30. The van der Waals surface area contributed by atoms with Crippen molar-refractivity contribution in [2.45, 2.75) is 20.8 Å². The second-order valence-electron chi connectivity index (χ2n) is 3.52. The minimum atomic E-state index is -0.833. The van der Waals surface area contributed by atoms with Crippen molar-refractivity contribution in [3.63, 3.8) is 0 Å². The van der Waals surface area contributed by atoms with Crippen LogP contribution < -0.4 is 9.47 Å². The van der Waals surface area contributed by atoms with Crippen LogP contribution in [0.1, 0.15) is 26.3 Å². The Morgan fingerprint density at radius 1 is 1.21 bits per heavy atom. The van der Waals surface area contributed by atoms with Crippen LogP contribution >= 0.6 is 0 Å². The molecule has 0 radical (unpaired) electrons. The van der Waals surface area contributed by atoms with E-state index < -0.39 is 5.97 Å². The zero-order chi connectivity index (χ0) is 14.8. The van der Waals surface area contributed by atoms with Crippen LogP contribution in [-0.2, 0) is 9.59 Å². The zero-order valence-corrected chi connectivity index (χ0v) is 11.5. The van der Waals surface area contributed by atoms with Gasteiger partial charge in [-0.3, -0.25) is 9.59 Å². The van der Waals surface area contributed by atoms with E-state index in [-0.39, 0.29) is 5.97 Å². The number of methoxy groups -OCH3 is 1. The van der Waals surface area contributed by atoms with Crippen molar-refractivity contribution >= 4 is 18.0 Å². The molecule has 1 rings (SSSR count). The summed E-state index contributed by atoms with van der Waals surface area (Å²) in [4.78, 5) is 19.8. The Bertz CT molecular complexity index is 459. The number of aliphatic carboxylic acids is 1. The van der Waals surface area contributed by atoms with Crippen molar-refractivity contribution in [2.24, 2.45) is 0 Å². The number of allylic oxidation sites excluding steroid dienone is 1. The molecule has 1 aromatic carbocycles.